The van der Waals surface area contributed by atoms with E-state index < -0.39 is 0 Å². The van der Waals surface area contributed by atoms with E-state index in [1.54, 1.807) is 6.07 Å². The molecular formula is C10H16N4O. The smallest absolute Gasteiger partial charge is 0.152 e. The molecule has 2 N–H and O–H groups in total. The second-order valence-corrected chi connectivity index (χ2v) is 3.96. The summed E-state index contributed by atoms with van der Waals surface area (Å²) in [6.07, 6.45) is 0. The molecule has 0 aromatic carbocycles. The van der Waals surface area contributed by atoms with Crippen LogP contribution in [0.4, 0.5) is 11.6 Å². The third-order valence-corrected chi connectivity index (χ3v) is 2.60. The maximum atomic E-state index is 5.51. The van der Waals surface area contributed by atoms with Gasteiger partial charge >= 0.3 is 0 Å². The topological polar surface area (TPSA) is 64.3 Å². The quantitative estimate of drug-likeness (QED) is 0.735. The molecule has 0 spiro atoms. The summed E-state index contributed by atoms with van der Waals surface area (Å²) in [5, 5.41) is 7.97. The molecule has 2 rings (SSSR count). The molecule has 1 aromatic heterocycles. The van der Waals surface area contributed by atoms with Crippen molar-refractivity contribution < 1.29 is 4.74 Å². The van der Waals surface area contributed by atoms with Crippen LogP contribution < -0.4 is 10.6 Å². The van der Waals surface area contributed by atoms with Crippen molar-refractivity contribution in [2.75, 3.05) is 23.8 Å². The lowest BCUT2D eigenvalue weighted by atomic mass is 10.2. The van der Waals surface area contributed by atoms with Crippen LogP contribution in [0.3, 0.4) is 0 Å². The van der Waals surface area contributed by atoms with Gasteiger partial charge in [-0.15, -0.1) is 10.2 Å². The molecule has 15 heavy (non-hydrogen) atoms. The first kappa shape index (κ1) is 10.2. The van der Waals surface area contributed by atoms with Gasteiger partial charge in [0.25, 0.3) is 0 Å². The van der Waals surface area contributed by atoms with Gasteiger partial charge in [0.1, 0.15) is 5.82 Å². The third-order valence-electron chi connectivity index (χ3n) is 2.60. The van der Waals surface area contributed by atoms with Gasteiger partial charge in [0.2, 0.25) is 0 Å². The highest BCUT2D eigenvalue weighted by atomic mass is 16.5. The second-order valence-electron chi connectivity index (χ2n) is 3.96. The van der Waals surface area contributed by atoms with Gasteiger partial charge in [0.05, 0.1) is 25.3 Å². The largest absolute Gasteiger partial charge is 0.382 e. The molecule has 0 unspecified atom stereocenters. The normalized spacial score (nSPS) is 26.7. The van der Waals surface area contributed by atoms with Gasteiger partial charge in [-0.25, -0.2) is 0 Å². The fourth-order valence-electron chi connectivity index (χ4n) is 1.93. The summed E-state index contributed by atoms with van der Waals surface area (Å²) < 4.78 is 5.45. The van der Waals surface area contributed by atoms with Crippen molar-refractivity contribution in [1.82, 2.24) is 10.2 Å². The van der Waals surface area contributed by atoms with Crippen molar-refractivity contribution >= 4 is 11.6 Å². The second kappa shape index (κ2) is 4.02. The van der Waals surface area contributed by atoms with Crippen molar-refractivity contribution in [2.45, 2.75) is 25.9 Å². The molecule has 5 nitrogen and oxygen atoms in total. The molecule has 1 aliphatic rings. The number of hydrogen-bond acceptors (Lipinski definition) is 5. The van der Waals surface area contributed by atoms with Gasteiger partial charge in [-0.1, -0.05) is 0 Å². The van der Waals surface area contributed by atoms with Crippen molar-refractivity contribution in [3.63, 3.8) is 0 Å². The fourth-order valence-corrected chi connectivity index (χ4v) is 1.93. The van der Waals surface area contributed by atoms with Crippen LogP contribution in [-0.4, -0.2) is 35.5 Å². The summed E-state index contributed by atoms with van der Waals surface area (Å²) in [5.41, 5.74) is 5.51. The number of ether oxygens (including phenoxy) is 1. The number of rotatable bonds is 1. The van der Waals surface area contributed by atoms with E-state index in [2.05, 4.69) is 28.9 Å². The lowest BCUT2D eigenvalue weighted by Crippen LogP contribution is -2.50. The molecule has 82 valence electrons. The molecule has 2 heterocycles. The van der Waals surface area contributed by atoms with E-state index in [0.29, 0.717) is 17.9 Å². The number of hydrogen-bond donors (Lipinski definition) is 1. The Morgan fingerprint density at radius 1 is 1.27 bits per heavy atom. The summed E-state index contributed by atoms with van der Waals surface area (Å²) in [5.74, 6) is 1.32. The van der Waals surface area contributed by atoms with Crippen molar-refractivity contribution in [3.8, 4) is 0 Å². The zero-order valence-corrected chi connectivity index (χ0v) is 9.05. The molecule has 1 aromatic rings. The van der Waals surface area contributed by atoms with Gasteiger partial charge in [0.15, 0.2) is 5.82 Å². The van der Waals surface area contributed by atoms with Crippen molar-refractivity contribution in [1.29, 1.82) is 0 Å². The highest BCUT2D eigenvalue weighted by molar-refractivity contribution is 5.43. The summed E-state index contributed by atoms with van der Waals surface area (Å²) in [6.45, 7) is 5.70. The molecule has 0 saturated carbocycles. The number of nitrogen functional groups attached to an aromatic ring is 1. The summed E-state index contributed by atoms with van der Waals surface area (Å²) >= 11 is 0. The summed E-state index contributed by atoms with van der Waals surface area (Å²) in [7, 11) is 0. The molecule has 0 bridgehead atoms. The maximum Gasteiger partial charge on any atom is 0.152 e. The number of nitrogens with two attached hydrogens (primary N) is 1. The standard InChI is InChI=1S/C10H16N4O/c1-7-5-15-6-8(2)14(7)10-4-3-9(11)12-13-10/h3-4,7-8H,5-6H2,1-2H3,(H2,11,12)/t7-,8-/m1/s1. The van der Waals surface area contributed by atoms with Gasteiger partial charge in [-0.3, -0.25) is 0 Å². The van der Waals surface area contributed by atoms with Crippen LogP contribution in [0.25, 0.3) is 0 Å². The van der Waals surface area contributed by atoms with E-state index in [1.807, 2.05) is 6.07 Å². The Morgan fingerprint density at radius 3 is 2.47 bits per heavy atom. The highest BCUT2D eigenvalue weighted by Crippen LogP contribution is 2.20. The van der Waals surface area contributed by atoms with Gasteiger partial charge in [-0.05, 0) is 26.0 Å². The molecule has 0 aliphatic carbocycles. The van der Waals surface area contributed by atoms with Gasteiger partial charge in [-0.2, -0.15) is 0 Å². The van der Waals surface area contributed by atoms with Gasteiger partial charge in [0, 0.05) is 0 Å². The van der Waals surface area contributed by atoms with E-state index in [1.165, 1.54) is 0 Å². The fraction of sp³-hybridized carbons (Fsp3) is 0.600. The Labute approximate surface area is 89.2 Å². The number of aromatic nitrogens is 2. The number of nitrogens with zero attached hydrogens (tertiary/aromatic N) is 3. The van der Waals surface area contributed by atoms with E-state index in [0.717, 1.165) is 19.0 Å². The van der Waals surface area contributed by atoms with Crippen molar-refractivity contribution in [2.24, 2.45) is 0 Å². The minimum absolute atomic E-state index is 0.326. The average molecular weight is 208 g/mol. The molecule has 1 aliphatic heterocycles. The Hall–Kier alpha value is -1.36. The van der Waals surface area contributed by atoms with E-state index in [9.17, 15) is 0 Å². The lowest BCUT2D eigenvalue weighted by Gasteiger charge is -2.39. The van der Waals surface area contributed by atoms with Crippen LogP contribution in [0.5, 0.6) is 0 Å². The van der Waals surface area contributed by atoms with Gasteiger partial charge < -0.3 is 15.4 Å². The predicted molar refractivity (Wildman–Crippen MR) is 58.7 cm³/mol. The third kappa shape index (κ3) is 2.02. The average Bonchev–Trinajstić information content (AvgIpc) is 2.20. The van der Waals surface area contributed by atoms with E-state index in [-0.39, 0.29) is 0 Å². The molecular weight excluding hydrogens is 192 g/mol. The molecule has 5 heteroatoms. The van der Waals surface area contributed by atoms with Crippen LogP contribution in [0.2, 0.25) is 0 Å². The monoisotopic (exact) mass is 208 g/mol. The number of anilines is 2. The van der Waals surface area contributed by atoms with E-state index >= 15 is 0 Å². The Bertz CT molecular complexity index is 317. The van der Waals surface area contributed by atoms with Crippen molar-refractivity contribution in [3.05, 3.63) is 12.1 Å². The minimum Gasteiger partial charge on any atom is -0.382 e. The Morgan fingerprint density at radius 2 is 1.93 bits per heavy atom. The summed E-state index contributed by atoms with van der Waals surface area (Å²) in [6, 6.07) is 4.33. The Kier molecular flexibility index (Phi) is 2.73. The van der Waals surface area contributed by atoms with Crippen LogP contribution in [0.1, 0.15) is 13.8 Å². The first-order chi connectivity index (χ1) is 7.18. The van der Waals surface area contributed by atoms with Crippen LogP contribution >= 0.6 is 0 Å². The molecule has 1 saturated heterocycles. The first-order valence-electron chi connectivity index (χ1n) is 5.14. The zero-order chi connectivity index (χ0) is 10.8. The van der Waals surface area contributed by atoms with Crippen LogP contribution in [-0.2, 0) is 4.74 Å². The molecule has 2 atom stereocenters. The SMILES string of the molecule is C[C@@H]1COC[C@@H](C)N1c1ccc(N)nn1. The lowest BCUT2D eigenvalue weighted by molar-refractivity contribution is 0.0751. The zero-order valence-electron chi connectivity index (χ0n) is 9.05. The maximum absolute atomic E-state index is 5.51. The summed E-state index contributed by atoms with van der Waals surface area (Å²) in [4.78, 5) is 2.22. The molecule has 0 amide bonds. The van der Waals surface area contributed by atoms with E-state index in [4.69, 9.17) is 10.5 Å². The minimum atomic E-state index is 0.326. The van der Waals surface area contributed by atoms with Crippen LogP contribution in [0.15, 0.2) is 12.1 Å². The Balaban J connectivity index is 2.23. The molecule has 1 fully saturated rings. The van der Waals surface area contributed by atoms with Crippen LogP contribution in [0, 0.1) is 0 Å². The first-order valence-corrected chi connectivity index (χ1v) is 5.14. The molecule has 0 radical (unpaired) electrons. The number of morpholine rings is 1. The predicted octanol–water partition coefficient (Wildman–Crippen LogP) is 0.672. The highest BCUT2D eigenvalue weighted by Gasteiger charge is 2.26.